The van der Waals surface area contributed by atoms with Gasteiger partial charge in [-0.15, -0.1) is 11.3 Å². The summed E-state index contributed by atoms with van der Waals surface area (Å²) < 4.78 is 43.7. The number of aromatic nitrogens is 4. The number of halogens is 3. The van der Waals surface area contributed by atoms with E-state index in [1.165, 1.54) is 17.5 Å². The van der Waals surface area contributed by atoms with Gasteiger partial charge in [0.2, 0.25) is 5.82 Å². The molecule has 0 saturated carbocycles. The van der Waals surface area contributed by atoms with Crippen LogP contribution in [0.15, 0.2) is 29.0 Å². The summed E-state index contributed by atoms with van der Waals surface area (Å²) in [4.78, 5) is 16.8. The van der Waals surface area contributed by atoms with Gasteiger partial charge in [0, 0.05) is 17.6 Å². The lowest BCUT2D eigenvalue weighted by Crippen LogP contribution is -2.26. The van der Waals surface area contributed by atoms with Crippen molar-refractivity contribution in [3.8, 4) is 10.7 Å². The SMILES string of the molecule is CC(C)CNC(=O)c1cnn(C(C)c2ccc(-c3noc(C(F)(F)F)n3)s2)c1. The van der Waals surface area contributed by atoms with E-state index >= 15 is 0 Å². The third-order valence-electron chi connectivity index (χ3n) is 3.86. The van der Waals surface area contributed by atoms with Gasteiger partial charge in [0.1, 0.15) is 0 Å². The highest BCUT2D eigenvalue weighted by Crippen LogP contribution is 2.34. The third kappa shape index (κ3) is 4.41. The zero-order chi connectivity index (χ0) is 20.5. The molecule has 0 fully saturated rings. The Kier molecular flexibility index (Phi) is 5.54. The smallest absolute Gasteiger partial charge is 0.352 e. The fourth-order valence-electron chi connectivity index (χ4n) is 2.33. The van der Waals surface area contributed by atoms with E-state index in [-0.39, 0.29) is 17.8 Å². The monoisotopic (exact) mass is 413 g/mol. The Bertz CT molecular complexity index is 960. The molecule has 1 amide bonds. The predicted molar refractivity (Wildman–Crippen MR) is 95.8 cm³/mol. The van der Waals surface area contributed by atoms with E-state index in [0.717, 1.165) is 4.88 Å². The standard InChI is InChI=1S/C17H18F3N5O2S/c1-9(2)6-21-15(26)11-7-22-25(8-11)10(3)12-4-5-13(28-12)14-23-16(27-24-14)17(18,19)20/h4-5,7-10H,6H2,1-3H3,(H,21,26). The molecular weight excluding hydrogens is 395 g/mol. The van der Waals surface area contributed by atoms with Crippen LogP contribution in [0.25, 0.3) is 10.7 Å². The maximum atomic E-state index is 12.6. The molecule has 0 spiro atoms. The van der Waals surface area contributed by atoms with Crippen molar-refractivity contribution in [3.63, 3.8) is 0 Å². The topological polar surface area (TPSA) is 85.8 Å². The van der Waals surface area contributed by atoms with Crippen LogP contribution in [0, 0.1) is 5.92 Å². The van der Waals surface area contributed by atoms with E-state index in [4.69, 9.17) is 0 Å². The number of nitrogens with zero attached hydrogens (tertiary/aromatic N) is 4. The second-order valence-corrected chi connectivity index (χ2v) is 7.73. The Morgan fingerprint density at radius 3 is 2.71 bits per heavy atom. The molecule has 3 aromatic rings. The molecule has 3 rings (SSSR count). The number of nitrogens with one attached hydrogen (secondary N) is 1. The highest BCUT2D eigenvalue weighted by molar-refractivity contribution is 7.15. The molecule has 0 aliphatic heterocycles. The third-order valence-corrected chi connectivity index (χ3v) is 5.11. The fraction of sp³-hybridized carbons (Fsp3) is 0.412. The Labute approximate surface area is 162 Å². The molecule has 1 unspecified atom stereocenters. The number of hydrogen-bond donors (Lipinski definition) is 1. The quantitative estimate of drug-likeness (QED) is 0.660. The van der Waals surface area contributed by atoms with Crippen molar-refractivity contribution < 1.29 is 22.5 Å². The molecule has 7 nitrogen and oxygen atoms in total. The van der Waals surface area contributed by atoms with Gasteiger partial charge in [-0.05, 0) is 25.0 Å². The first kappa shape index (κ1) is 20.1. The van der Waals surface area contributed by atoms with Gasteiger partial charge in [0.25, 0.3) is 5.91 Å². The Morgan fingerprint density at radius 1 is 1.32 bits per heavy atom. The number of rotatable bonds is 6. The first-order chi connectivity index (χ1) is 13.1. The molecule has 0 radical (unpaired) electrons. The summed E-state index contributed by atoms with van der Waals surface area (Å²) in [5.74, 6) is -1.37. The molecular formula is C17H18F3N5O2S. The predicted octanol–water partition coefficient (Wildman–Crippen LogP) is 4.01. The van der Waals surface area contributed by atoms with Crippen LogP contribution in [0.3, 0.4) is 0 Å². The van der Waals surface area contributed by atoms with E-state index in [1.807, 2.05) is 20.8 Å². The average molecular weight is 413 g/mol. The van der Waals surface area contributed by atoms with E-state index in [0.29, 0.717) is 22.9 Å². The van der Waals surface area contributed by atoms with E-state index in [2.05, 4.69) is 25.1 Å². The van der Waals surface area contributed by atoms with Gasteiger partial charge in [0.15, 0.2) is 0 Å². The van der Waals surface area contributed by atoms with Crippen LogP contribution in [0.2, 0.25) is 0 Å². The van der Waals surface area contributed by atoms with E-state index in [1.54, 1.807) is 23.0 Å². The first-order valence-electron chi connectivity index (χ1n) is 8.48. The highest BCUT2D eigenvalue weighted by Gasteiger charge is 2.38. The molecule has 11 heteroatoms. The number of alkyl halides is 3. The van der Waals surface area contributed by atoms with Crippen molar-refractivity contribution in [2.24, 2.45) is 5.92 Å². The molecule has 3 heterocycles. The number of carbonyl (C=O) groups is 1. The minimum Gasteiger partial charge on any atom is -0.352 e. The fourth-order valence-corrected chi connectivity index (χ4v) is 3.31. The van der Waals surface area contributed by atoms with Crippen molar-refractivity contribution in [1.29, 1.82) is 0 Å². The zero-order valence-corrected chi connectivity index (χ0v) is 16.1. The van der Waals surface area contributed by atoms with Gasteiger partial charge in [-0.2, -0.15) is 23.3 Å². The minimum atomic E-state index is -4.68. The van der Waals surface area contributed by atoms with Gasteiger partial charge < -0.3 is 9.84 Å². The lowest BCUT2D eigenvalue weighted by Gasteiger charge is -2.09. The maximum absolute atomic E-state index is 12.6. The van der Waals surface area contributed by atoms with Crippen LogP contribution < -0.4 is 5.32 Å². The molecule has 0 saturated heterocycles. The summed E-state index contributed by atoms with van der Waals surface area (Å²) in [6.07, 6.45) is -1.56. The first-order valence-corrected chi connectivity index (χ1v) is 9.30. The van der Waals surface area contributed by atoms with Crippen molar-refractivity contribution in [1.82, 2.24) is 25.2 Å². The van der Waals surface area contributed by atoms with E-state index in [9.17, 15) is 18.0 Å². The van der Waals surface area contributed by atoms with Crippen LogP contribution >= 0.6 is 11.3 Å². The number of carbonyl (C=O) groups excluding carboxylic acids is 1. The van der Waals surface area contributed by atoms with Crippen LogP contribution in [0.1, 0.15) is 47.9 Å². The molecule has 0 bridgehead atoms. The number of hydrogen-bond acceptors (Lipinski definition) is 6. The molecule has 0 aromatic carbocycles. The van der Waals surface area contributed by atoms with Crippen LogP contribution in [-0.4, -0.2) is 32.4 Å². The summed E-state index contributed by atoms with van der Waals surface area (Å²) in [5, 5.41) is 10.4. The number of thiophene rings is 1. The summed E-state index contributed by atoms with van der Waals surface area (Å²) in [5.41, 5.74) is 0.442. The van der Waals surface area contributed by atoms with Crippen molar-refractivity contribution >= 4 is 17.2 Å². The van der Waals surface area contributed by atoms with Gasteiger partial charge in [-0.1, -0.05) is 19.0 Å². The lowest BCUT2D eigenvalue weighted by atomic mass is 10.2. The highest BCUT2D eigenvalue weighted by atomic mass is 32.1. The van der Waals surface area contributed by atoms with Crippen molar-refractivity contribution in [2.75, 3.05) is 6.54 Å². The van der Waals surface area contributed by atoms with Gasteiger partial charge in [-0.25, -0.2) is 0 Å². The maximum Gasteiger partial charge on any atom is 0.471 e. The second-order valence-electron chi connectivity index (χ2n) is 6.61. The van der Waals surface area contributed by atoms with Gasteiger partial charge in [-0.3, -0.25) is 9.48 Å². The van der Waals surface area contributed by atoms with E-state index < -0.39 is 12.1 Å². The Morgan fingerprint density at radius 2 is 2.07 bits per heavy atom. The normalized spacial score (nSPS) is 13.1. The number of amides is 1. The molecule has 1 N–H and O–H groups in total. The molecule has 1 atom stereocenters. The van der Waals surface area contributed by atoms with Crippen molar-refractivity contribution in [2.45, 2.75) is 33.0 Å². The molecule has 3 aromatic heterocycles. The Hall–Kier alpha value is -2.69. The summed E-state index contributed by atoms with van der Waals surface area (Å²) in [6, 6.07) is 3.16. The summed E-state index contributed by atoms with van der Waals surface area (Å²) in [6.45, 7) is 6.44. The van der Waals surface area contributed by atoms with Crippen LogP contribution in [-0.2, 0) is 6.18 Å². The summed E-state index contributed by atoms with van der Waals surface area (Å²) in [7, 11) is 0. The minimum absolute atomic E-state index is 0.120. The van der Waals surface area contributed by atoms with Crippen LogP contribution in [0.5, 0.6) is 0 Å². The Balaban J connectivity index is 1.73. The van der Waals surface area contributed by atoms with Gasteiger partial charge >= 0.3 is 12.1 Å². The molecule has 0 aliphatic rings. The van der Waals surface area contributed by atoms with Gasteiger partial charge in [0.05, 0.1) is 22.7 Å². The molecule has 0 aliphatic carbocycles. The lowest BCUT2D eigenvalue weighted by molar-refractivity contribution is -0.159. The average Bonchev–Trinajstić information content (AvgIpc) is 3.37. The summed E-state index contributed by atoms with van der Waals surface area (Å²) >= 11 is 1.23. The molecule has 150 valence electrons. The van der Waals surface area contributed by atoms with Crippen molar-refractivity contribution in [3.05, 3.63) is 40.9 Å². The largest absolute Gasteiger partial charge is 0.471 e. The zero-order valence-electron chi connectivity index (χ0n) is 15.3. The molecule has 28 heavy (non-hydrogen) atoms. The second kappa shape index (κ2) is 7.74. The van der Waals surface area contributed by atoms with Crippen LogP contribution in [0.4, 0.5) is 13.2 Å².